The number of amides is 2. The van der Waals surface area contributed by atoms with Gasteiger partial charge in [-0.05, 0) is 25.0 Å². The monoisotopic (exact) mass is 355 g/mol. The number of hydrogen-bond acceptors (Lipinski definition) is 6. The number of nitrogens with zero attached hydrogens (tertiary/aromatic N) is 5. The van der Waals surface area contributed by atoms with Crippen molar-refractivity contribution in [1.82, 2.24) is 19.8 Å². The second-order valence-corrected chi connectivity index (χ2v) is 6.53. The number of carbonyl (C=O) groups is 2. The molecule has 4 rings (SSSR count). The van der Waals surface area contributed by atoms with Gasteiger partial charge in [-0.25, -0.2) is 9.97 Å². The summed E-state index contributed by atoms with van der Waals surface area (Å²) in [5.74, 6) is 0.859. The average Bonchev–Trinajstić information content (AvgIpc) is 3.41. The molecule has 26 heavy (non-hydrogen) atoms. The van der Waals surface area contributed by atoms with E-state index in [0.717, 1.165) is 25.9 Å². The molecule has 8 nitrogen and oxygen atoms in total. The summed E-state index contributed by atoms with van der Waals surface area (Å²) in [6.45, 7) is 4.07. The minimum Gasteiger partial charge on any atom is -0.459 e. The van der Waals surface area contributed by atoms with E-state index in [1.165, 1.54) is 6.26 Å². The lowest BCUT2D eigenvalue weighted by Crippen LogP contribution is -2.49. The van der Waals surface area contributed by atoms with Gasteiger partial charge in [0.2, 0.25) is 5.95 Å². The van der Waals surface area contributed by atoms with E-state index in [2.05, 4.69) is 9.97 Å². The highest BCUT2D eigenvalue weighted by molar-refractivity contribution is 5.94. The van der Waals surface area contributed by atoms with Crippen molar-refractivity contribution in [3.63, 3.8) is 0 Å². The molecule has 0 aliphatic carbocycles. The largest absolute Gasteiger partial charge is 0.459 e. The van der Waals surface area contributed by atoms with Gasteiger partial charge in [0.25, 0.3) is 11.8 Å². The fourth-order valence-electron chi connectivity index (χ4n) is 3.36. The number of aromatic nitrogens is 2. The van der Waals surface area contributed by atoms with Crippen LogP contribution in [0.3, 0.4) is 0 Å². The van der Waals surface area contributed by atoms with E-state index in [4.69, 9.17) is 4.42 Å². The lowest BCUT2D eigenvalue weighted by atomic mass is 10.3. The van der Waals surface area contributed by atoms with Gasteiger partial charge in [-0.15, -0.1) is 0 Å². The average molecular weight is 355 g/mol. The summed E-state index contributed by atoms with van der Waals surface area (Å²) in [5, 5.41) is 0. The van der Waals surface area contributed by atoms with Gasteiger partial charge in [-0.3, -0.25) is 9.59 Å². The molecule has 0 atom stereocenters. The van der Waals surface area contributed by atoms with Crippen molar-refractivity contribution in [2.45, 2.75) is 12.8 Å². The van der Waals surface area contributed by atoms with Gasteiger partial charge in [0.15, 0.2) is 5.76 Å². The minimum atomic E-state index is -0.0953. The van der Waals surface area contributed by atoms with Crippen molar-refractivity contribution in [2.24, 2.45) is 0 Å². The highest BCUT2D eigenvalue weighted by atomic mass is 16.3. The lowest BCUT2D eigenvalue weighted by Gasteiger charge is -2.34. The Labute approximate surface area is 151 Å². The molecular weight excluding hydrogens is 334 g/mol. The molecule has 2 aliphatic rings. The van der Waals surface area contributed by atoms with E-state index in [1.54, 1.807) is 29.4 Å². The smallest absolute Gasteiger partial charge is 0.289 e. The van der Waals surface area contributed by atoms with Gasteiger partial charge >= 0.3 is 0 Å². The second-order valence-electron chi connectivity index (χ2n) is 6.53. The van der Waals surface area contributed by atoms with Crippen LogP contribution in [0.4, 0.5) is 5.95 Å². The Morgan fingerprint density at radius 1 is 0.885 bits per heavy atom. The summed E-state index contributed by atoms with van der Waals surface area (Å²) < 4.78 is 5.17. The second kappa shape index (κ2) is 7.15. The first-order valence-electron chi connectivity index (χ1n) is 8.91. The van der Waals surface area contributed by atoms with E-state index < -0.39 is 0 Å². The van der Waals surface area contributed by atoms with Crippen LogP contribution in [0.2, 0.25) is 0 Å². The highest BCUT2D eigenvalue weighted by Gasteiger charge is 2.25. The maximum atomic E-state index is 12.3. The third-order valence-electron chi connectivity index (χ3n) is 4.86. The van der Waals surface area contributed by atoms with Crippen LogP contribution >= 0.6 is 0 Å². The van der Waals surface area contributed by atoms with Crippen LogP contribution in [0.15, 0.2) is 35.2 Å². The molecule has 8 heteroatoms. The highest BCUT2D eigenvalue weighted by Crippen LogP contribution is 2.16. The predicted octanol–water partition coefficient (Wildman–Crippen LogP) is 1.27. The maximum absolute atomic E-state index is 12.3. The Kier molecular flexibility index (Phi) is 4.55. The fourth-order valence-corrected chi connectivity index (χ4v) is 3.36. The summed E-state index contributed by atoms with van der Waals surface area (Å²) in [4.78, 5) is 39.0. The van der Waals surface area contributed by atoms with Crippen molar-refractivity contribution in [3.8, 4) is 0 Å². The molecule has 2 saturated heterocycles. The Bertz CT molecular complexity index is 761. The number of hydrogen-bond donors (Lipinski definition) is 0. The van der Waals surface area contributed by atoms with Gasteiger partial charge in [-0.1, -0.05) is 0 Å². The Hall–Kier alpha value is -2.90. The quantitative estimate of drug-likeness (QED) is 0.825. The van der Waals surface area contributed by atoms with Crippen molar-refractivity contribution >= 4 is 17.8 Å². The van der Waals surface area contributed by atoms with Crippen LogP contribution in [0.25, 0.3) is 0 Å². The zero-order valence-electron chi connectivity index (χ0n) is 14.5. The van der Waals surface area contributed by atoms with Gasteiger partial charge in [0.05, 0.1) is 11.8 Å². The molecule has 2 aromatic rings. The topological polar surface area (TPSA) is 82.8 Å². The third-order valence-corrected chi connectivity index (χ3v) is 4.86. The molecule has 0 radical (unpaired) electrons. The molecule has 0 N–H and O–H groups in total. The van der Waals surface area contributed by atoms with Crippen LogP contribution in [-0.2, 0) is 0 Å². The van der Waals surface area contributed by atoms with Gasteiger partial charge in [0.1, 0.15) is 0 Å². The molecule has 0 spiro atoms. The van der Waals surface area contributed by atoms with E-state index in [1.807, 2.05) is 9.80 Å². The first-order valence-corrected chi connectivity index (χ1v) is 8.91. The number of furan rings is 1. The number of piperazine rings is 1. The van der Waals surface area contributed by atoms with Crippen LogP contribution in [0.1, 0.15) is 33.8 Å². The van der Waals surface area contributed by atoms with Crippen LogP contribution < -0.4 is 4.90 Å². The number of rotatable bonds is 3. The first-order chi connectivity index (χ1) is 12.7. The van der Waals surface area contributed by atoms with Gasteiger partial charge < -0.3 is 19.1 Å². The van der Waals surface area contributed by atoms with Crippen LogP contribution in [0, 0.1) is 0 Å². The number of likely N-dealkylation sites (tertiary alicyclic amines) is 1. The molecule has 2 aliphatic heterocycles. The molecular formula is C18H21N5O3. The van der Waals surface area contributed by atoms with Crippen molar-refractivity contribution in [3.05, 3.63) is 42.1 Å². The predicted molar refractivity (Wildman–Crippen MR) is 94.0 cm³/mol. The molecule has 4 heterocycles. The molecule has 136 valence electrons. The molecule has 0 saturated carbocycles. The van der Waals surface area contributed by atoms with E-state index in [0.29, 0.717) is 43.5 Å². The summed E-state index contributed by atoms with van der Waals surface area (Å²) in [6.07, 6.45) is 6.83. The normalized spacial score (nSPS) is 17.6. The van der Waals surface area contributed by atoms with E-state index >= 15 is 0 Å². The molecule has 2 aromatic heterocycles. The standard InChI is InChI=1S/C18H21N5O3/c24-16(21-5-1-2-6-21)14-12-19-18(20-13-14)23-9-7-22(8-10-23)17(25)15-4-3-11-26-15/h3-4,11-13H,1-2,5-10H2. The summed E-state index contributed by atoms with van der Waals surface area (Å²) in [6, 6.07) is 3.39. The lowest BCUT2D eigenvalue weighted by molar-refractivity contribution is 0.0713. The van der Waals surface area contributed by atoms with E-state index in [-0.39, 0.29) is 11.8 Å². The summed E-state index contributed by atoms with van der Waals surface area (Å²) in [5.41, 5.74) is 0.530. The zero-order chi connectivity index (χ0) is 17.9. The molecule has 0 bridgehead atoms. The molecule has 0 unspecified atom stereocenters. The number of anilines is 1. The van der Waals surface area contributed by atoms with Crippen molar-refractivity contribution in [1.29, 1.82) is 0 Å². The van der Waals surface area contributed by atoms with Crippen LogP contribution in [-0.4, -0.2) is 70.9 Å². The Morgan fingerprint density at radius 3 is 2.15 bits per heavy atom. The third kappa shape index (κ3) is 3.26. The fraction of sp³-hybridized carbons (Fsp3) is 0.444. The van der Waals surface area contributed by atoms with Gasteiger partial charge in [-0.2, -0.15) is 0 Å². The van der Waals surface area contributed by atoms with Crippen molar-refractivity contribution < 1.29 is 14.0 Å². The summed E-state index contributed by atoms with van der Waals surface area (Å²) in [7, 11) is 0. The van der Waals surface area contributed by atoms with E-state index in [9.17, 15) is 9.59 Å². The number of carbonyl (C=O) groups excluding carboxylic acids is 2. The maximum Gasteiger partial charge on any atom is 0.289 e. The summed E-state index contributed by atoms with van der Waals surface area (Å²) >= 11 is 0. The Balaban J connectivity index is 1.35. The minimum absolute atomic E-state index is 0.00270. The zero-order valence-corrected chi connectivity index (χ0v) is 14.5. The van der Waals surface area contributed by atoms with Crippen LogP contribution in [0.5, 0.6) is 0 Å². The van der Waals surface area contributed by atoms with Crippen molar-refractivity contribution in [2.75, 3.05) is 44.2 Å². The first kappa shape index (κ1) is 16.6. The Morgan fingerprint density at radius 2 is 1.54 bits per heavy atom. The molecule has 2 fully saturated rings. The molecule has 2 amide bonds. The van der Waals surface area contributed by atoms with Gasteiger partial charge in [0, 0.05) is 51.7 Å². The SMILES string of the molecule is O=C(c1cnc(N2CCN(C(=O)c3ccco3)CC2)nc1)N1CCCC1. The molecule has 0 aromatic carbocycles.